The Balaban J connectivity index is 1.58. The van der Waals surface area contributed by atoms with Crippen LogP contribution in [0.15, 0.2) is 23.1 Å². The quantitative estimate of drug-likeness (QED) is 0.535. The Hall–Kier alpha value is -2.18. The average molecular weight is 491 g/mol. The highest BCUT2D eigenvalue weighted by atomic mass is 32.2. The SMILES string of the molecule is NS(=O)(=O)c1cc(C(F)(F)F)ccc1CC(=O)NCC(=O)N[C@@H]1CCCC[C@H]1N1CCCC1. The van der Waals surface area contributed by atoms with E-state index in [0.717, 1.165) is 57.7 Å². The first kappa shape index (κ1) is 25.4. The first-order valence-corrected chi connectivity index (χ1v) is 12.5. The maximum atomic E-state index is 12.9. The molecule has 3 rings (SSSR count). The van der Waals surface area contributed by atoms with Crippen molar-refractivity contribution in [3.8, 4) is 0 Å². The van der Waals surface area contributed by atoms with E-state index in [2.05, 4.69) is 15.5 Å². The monoisotopic (exact) mass is 490 g/mol. The molecule has 1 aliphatic heterocycles. The van der Waals surface area contributed by atoms with E-state index in [4.69, 9.17) is 5.14 Å². The molecule has 1 saturated heterocycles. The minimum atomic E-state index is -4.76. The van der Waals surface area contributed by atoms with Crippen molar-refractivity contribution in [1.82, 2.24) is 15.5 Å². The first-order chi connectivity index (χ1) is 15.4. The largest absolute Gasteiger partial charge is 0.416 e. The molecule has 2 atom stereocenters. The minimum Gasteiger partial charge on any atom is -0.350 e. The Morgan fingerprint density at radius 3 is 2.36 bits per heavy atom. The van der Waals surface area contributed by atoms with E-state index in [1.54, 1.807) is 0 Å². The third kappa shape index (κ3) is 6.90. The van der Waals surface area contributed by atoms with Crippen molar-refractivity contribution in [3.63, 3.8) is 0 Å². The molecule has 33 heavy (non-hydrogen) atoms. The Morgan fingerprint density at radius 1 is 1.06 bits per heavy atom. The standard InChI is InChI=1S/C21H29F3N4O4S/c22-21(23,24)15-8-7-14(18(12-15)33(25,31)32)11-19(29)26-13-20(30)27-16-5-1-2-6-17(16)28-9-3-4-10-28/h7-8,12,16-17H,1-6,9-11,13H2,(H,26,29)(H,27,30)(H2,25,31,32)/t16-,17-/m1/s1. The van der Waals surface area contributed by atoms with E-state index in [9.17, 15) is 31.2 Å². The molecule has 0 spiro atoms. The number of carbonyl (C=O) groups is 2. The Labute approximate surface area is 191 Å². The normalized spacial score (nSPS) is 22.2. The Kier molecular flexibility index (Phi) is 8.01. The lowest BCUT2D eigenvalue weighted by atomic mass is 9.89. The fourth-order valence-electron chi connectivity index (χ4n) is 4.60. The van der Waals surface area contributed by atoms with Crippen molar-refractivity contribution in [2.45, 2.75) is 68.1 Å². The molecule has 4 N–H and O–H groups in total. The predicted molar refractivity (Wildman–Crippen MR) is 115 cm³/mol. The first-order valence-electron chi connectivity index (χ1n) is 11.0. The fraction of sp³-hybridized carbons (Fsp3) is 0.619. The van der Waals surface area contributed by atoms with Crippen molar-refractivity contribution in [2.75, 3.05) is 19.6 Å². The van der Waals surface area contributed by atoms with Crippen LogP contribution in [0.4, 0.5) is 13.2 Å². The molecule has 0 unspecified atom stereocenters. The van der Waals surface area contributed by atoms with Crippen LogP contribution in [-0.4, -0.2) is 56.9 Å². The minimum absolute atomic E-state index is 0.00477. The number of hydrogen-bond donors (Lipinski definition) is 3. The lowest BCUT2D eigenvalue weighted by Gasteiger charge is -2.38. The summed E-state index contributed by atoms with van der Waals surface area (Å²) in [4.78, 5) is 26.3. The molecule has 2 aliphatic rings. The summed E-state index contributed by atoms with van der Waals surface area (Å²) in [6.45, 7) is 1.73. The number of nitrogens with two attached hydrogens (primary N) is 1. The zero-order valence-corrected chi connectivity index (χ0v) is 19.0. The van der Waals surface area contributed by atoms with Crippen LogP contribution >= 0.6 is 0 Å². The highest BCUT2D eigenvalue weighted by Gasteiger charge is 2.33. The lowest BCUT2D eigenvalue weighted by molar-refractivity contribution is -0.137. The van der Waals surface area contributed by atoms with Crippen LogP contribution in [-0.2, 0) is 32.2 Å². The van der Waals surface area contributed by atoms with Crippen LogP contribution in [0.1, 0.15) is 49.7 Å². The highest BCUT2D eigenvalue weighted by Crippen LogP contribution is 2.32. The molecule has 1 aliphatic carbocycles. The van der Waals surface area contributed by atoms with E-state index in [1.165, 1.54) is 0 Å². The van der Waals surface area contributed by atoms with Gasteiger partial charge >= 0.3 is 6.18 Å². The smallest absolute Gasteiger partial charge is 0.350 e. The third-order valence-corrected chi connectivity index (χ3v) is 7.18. The van der Waals surface area contributed by atoms with Crippen molar-refractivity contribution in [3.05, 3.63) is 29.3 Å². The molecule has 2 fully saturated rings. The summed E-state index contributed by atoms with van der Waals surface area (Å²) >= 11 is 0. The summed E-state index contributed by atoms with van der Waals surface area (Å²) in [5.74, 6) is -1.06. The maximum Gasteiger partial charge on any atom is 0.416 e. The van der Waals surface area contributed by atoms with Crippen molar-refractivity contribution >= 4 is 21.8 Å². The van der Waals surface area contributed by atoms with Gasteiger partial charge in [-0.05, 0) is 56.5 Å². The number of benzene rings is 1. The van der Waals surface area contributed by atoms with E-state index >= 15 is 0 Å². The average Bonchev–Trinajstić information content (AvgIpc) is 3.26. The van der Waals surface area contributed by atoms with Gasteiger partial charge in [0.1, 0.15) is 0 Å². The number of halogens is 3. The van der Waals surface area contributed by atoms with E-state index in [-0.39, 0.29) is 30.1 Å². The second-order valence-electron chi connectivity index (χ2n) is 8.59. The number of sulfonamides is 1. The molecule has 0 radical (unpaired) electrons. The molecule has 8 nitrogen and oxygen atoms in total. The number of likely N-dealkylation sites (tertiary alicyclic amines) is 1. The second kappa shape index (κ2) is 10.4. The second-order valence-corrected chi connectivity index (χ2v) is 10.1. The molecule has 1 heterocycles. The van der Waals surface area contributed by atoms with Crippen molar-refractivity contribution in [1.29, 1.82) is 0 Å². The lowest BCUT2D eigenvalue weighted by Crippen LogP contribution is -2.54. The van der Waals surface area contributed by atoms with Crippen molar-refractivity contribution < 1.29 is 31.2 Å². The zero-order valence-electron chi connectivity index (χ0n) is 18.2. The van der Waals surface area contributed by atoms with Gasteiger partial charge in [0.25, 0.3) is 0 Å². The van der Waals surface area contributed by atoms with Gasteiger partial charge in [-0.1, -0.05) is 18.9 Å². The van der Waals surface area contributed by atoms with Crippen LogP contribution in [0, 0.1) is 0 Å². The molecule has 0 aromatic heterocycles. The van der Waals surface area contributed by atoms with E-state index < -0.39 is 39.0 Å². The molecule has 184 valence electrons. The number of nitrogens with one attached hydrogen (secondary N) is 2. The van der Waals surface area contributed by atoms with Crippen LogP contribution in [0.5, 0.6) is 0 Å². The number of nitrogens with zero attached hydrogens (tertiary/aromatic N) is 1. The number of rotatable bonds is 7. The maximum absolute atomic E-state index is 12.9. The number of hydrogen-bond acceptors (Lipinski definition) is 5. The van der Waals surface area contributed by atoms with Crippen molar-refractivity contribution in [2.24, 2.45) is 5.14 Å². The number of carbonyl (C=O) groups excluding carboxylic acids is 2. The Morgan fingerprint density at radius 2 is 1.73 bits per heavy atom. The third-order valence-electron chi connectivity index (χ3n) is 6.18. The molecular formula is C21H29F3N4O4S. The van der Waals surface area contributed by atoms with E-state index in [0.29, 0.717) is 12.1 Å². The van der Waals surface area contributed by atoms with Crippen LogP contribution < -0.4 is 15.8 Å². The van der Waals surface area contributed by atoms with Crippen LogP contribution in [0.3, 0.4) is 0 Å². The van der Waals surface area contributed by atoms with Gasteiger partial charge in [0, 0.05) is 12.1 Å². The van der Waals surface area contributed by atoms with Gasteiger partial charge in [0.05, 0.1) is 23.4 Å². The molecular weight excluding hydrogens is 461 g/mol. The molecule has 0 bridgehead atoms. The van der Waals surface area contributed by atoms with Gasteiger partial charge in [0.2, 0.25) is 21.8 Å². The fourth-order valence-corrected chi connectivity index (χ4v) is 5.40. The summed E-state index contributed by atoms with van der Waals surface area (Å²) in [6.07, 6.45) is 1.03. The van der Waals surface area contributed by atoms with Gasteiger partial charge in [-0.15, -0.1) is 0 Å². The summed E-state index contributed by atoms with van der Waals surface area (Å²) < 4.78 is 62.3. The van der Waals surface area contributed by atoms with Crippen LogP contribution in [0.25, 0.3) is 0 Å². The van der Waals surface area contributed by atoms with E-state index in [1.807, 2.05) is 0 Å². The molecule has 12 heteroatoms. The molecule has 1 aromatic rings. The number of amides is 2. The summed E-state index contributed by atoms with van der Waals surface area (Å²) in [5.41, 5.74) is -1.36. The predicted octanol–water partition coefficient (Wildman–Crippen LogP) is 1.53. The van der Waals surface area contributed by atoms with Gasteiger partial charge in [-0.3, -0.25) is 14.5 Å². The van der Waals surface area contributed by atoms with Gasteiger partial charge in [-0.25, -0.2) is 13.6 Å². The van der Waals surface area contributed by atoms with Gasteiger partial charge < -0.3 is 10.6 Å². The Bertz CT molecular complexity index is 978. The highest BCUT2D eigenvalue weighted by molar-refractivity contribution is 7.89. The molecule has 2 amide bonds. The van der Waals surface area contributed by atoms with Gasteiger partial charge in [-0.2, -0.15) is 13.2 Å². The van der Waals surface area contributed by atoms with Crippen LogP contribution in [0.2, 0.25) is 0 Å². The topological polar surface area (TPSA) is 122 Å². The summed E-state index contributed by atoms with van der Waals surface area (Å²) in [5, 5.41) is 10.4. The molecule has 1 aromatic carbocycles. The summed E-state index contributed by atoms with van der Waals surface area (Å²) in [7, 11) is -4.49. The zero-order chi connectivity index (χ0) is 24.2. The molecule has 1 saturated carbocycles. The number of primary sulfonamides is 1. The number of alkyl halides is 3. The summed E-state index contributed by atoms with van der Waals surface area (Å²) in [6, 6.07) is 2.29. The van der Waals surface area contributed by atoms with Gasteiger partial charge in [0.15, 0.2) is 0 Å².